The third kappa shape index (κ3) is 5.68. The van der Waals surface area contributed by atoms with Crippen LogP contribution in [0.15, 0.2) is 60.9 Å². The molecule has 0 saturated carbocycles. The minimum Gasteiger partial charge on any atom is -0.497 e. The van der Waals surface area contributed by atoms with Crippen LogP contribution in [0, 0.1) is 0 Å². The van der Waals surface area contributed by atoms with Crippen molar-refractivity contribution in [2.24, 2.45) is 0 Å². The van der Waals surface area contributed by atoms with Crippen molar-refractivity contribution >= 4 is 11.9 Å². The molecule has 0 atom stereocenters. The first-order valence-corrected chi connectivity index (χ1v) is 9.28. The summed E-state index contributed by atoms with van der Waals surface area (Å²) >= 11 is 0. The minimum atomic E-state index is -0.221. The van der Waals surface area contributed by atoms with Crippen molar-refractivity contribution in [1.29, 1.82) is 0 Å². The van der Waals surface area contributed by atoms with Crippen LogP contribution in [0.4, 0.5) is 5.95 Å². The second-order valence-electron chi connectivity index (χ2n) is 6.31. The highest BCUT2D eigenvalue weighted by Crippen LogP contribution is 2.17. The van der Waals surface area contributed by atoms with Crippen LogP contribution in [0.25, 0.3) is 0 Å². The van der Waals surface area contributed by atoms with Crippen molar-refractivity contribution in [2.45, 2.75) is 13.0 Å². The summed E-state index contributed by atoms with van der Waals surface area (Å²) in [5, 5.41) is 6.01. The maximum atomic E-state index is 12.3. The van der Waals surface area contributed by atoms with Crippen LogP contribution in [0.1, 0.15) is 21.5 Å². The van der Waals surface area contributed by atoms with Gasteiger partial charge in [0.15, 0.2) is 0 Å². The average molecular weight is 392 g/mol. The maximum absolute atomic E-state index is 12.3. The van der Waals surface area contributed by atoms with Gasteiger partial charge in [-0.1, -0.05) is 30.3 Å². The Kier molecular flexibility index (Phi) is 7.00. The lowest BCUT2D eigenvalue weighted by Crippen LogP contribution is -2.23. The number of carbonyl (C=O) groups is 1. The number of nitrogens with one attached hydrogen (secondary N) is 2. The van der Waals surface area contributed by atoms with Gasteiger partial charge in [0.2, 0.25) is 5.95 Å². The summed E-state index contributed by atoms with van der Waals surface area (Å²) in [4.78, 5) is 20.7. The highest BCUT2D eigenvalue weighted by atomic mass is 16.5. The van der Waals surface area contributed by atoms with E-state index >= 15 is 0 Å². The van der Waals surface area contributed by atoms with Crippen molar-refractivity contribution in [3.8, 4) is 11.5 Å². The fourth-order valence-electron chi connectivity index (χ4n) is 2.78. The van der Waals surface area contributed by atoms with Crippen molar-refractivity contribution in [3.05, 3.63) is 77.6 Å². The third-order valence-electron chi connectivity index (χ3n) is 4.40. The predicted octanol–water partition coefficient (Wildman–Crippen LogP) is 3.08. The first kappa shape index (κ1) is 20.1. The molecule has 1 aromatic heterocycles. The molecule has 0 radical (unpaired) electrons. The zero-order valence-corrected chi connectivity index (χ0v) is 16.5. The number of amides is 1. The third-order valence-corrected chi connectivity index (χ3v) is 4.40. The van der Waals surface area contributed by atoms with Gasteiger partial charge in [0.25, 0.3) is 5.91 Å². The van der Waals surface area contributed by atoms with E-state index in [9.17, 15) is 4.79 Å². The van der Waals surface area contributed by atoms with E-state index < -0.39 is 0 Å². The minimum absolute atomic E-state index is 0.221. The molecule has 150 valence electrons. The Morgan fingerprint density at radius 3 is 2.38 bits per heavy atom. The number of benzene rings is 2. The van der Waals surface area contributed by atoms with Crippen molar-refractivity contribution in [1.82, 2.24) is 15.3 Å². The number of carbonyl (C=O) groups excluding carboxylic acids is 1. The van der Waals surface area contributed by atoms with Gasteiger partial charge in [-0.15, -0.1) is 0 Å². The molecule has 0 fully saturated rings. The molecule has 3 rings (SSSR count). The topological polar surface area (TPSA) is 85.4 Å². The normalized spacial score (nSPS) is 10.3. The van der Waals surface area contributed by atoms with E-state index in [0.717, 1.165) is 29.0 Å². The van der Waals surface area contributed by atoms with Crippen LogP contribution >= 0.6 is 0 Å². The van der Waals surface area contributed by atoms with E-state index in [4.69, 9.17) is 9.47 Å². The molecule has 0 aliphatic rings. The SMILES string of the molecule is COc1ccc(CNC(=O)c2cnc(NCCc3ccccc3OC)nc2)cc1. The number of methoxy groups -OCH3 is 2. The standard InChI is InChI=1S/C22H24N4O3/c1-28-19-9-7-16(8-10-19)13-24-21(27)18-14-25-22(26-15-18)23-12-11-17-5-3-4-6-20(17)29-2/h3-10,14-15H,11-13H2,1-2H3,(H,24,27)(H,23,25,26). The summed E-state index contributed by atoms with van der Waals surface area (Å²) in [7, 11) is 3.28. The largest absolute Gasteiger partial charge is 0.497 e. The van der Waals surface area contributed by atoms with Crippen molar-refractivity contribution in [2.75, 3.05) is 26.1 Å². The molecule has 1 amide bonds. The van der Waals surface area contributed by atoms with Gasteiger partial charge in [-0.2, -0.15) is 0 Å². The van der Waals surface area contributed by atoms with Crippen LogP contribution in [0.3, 0.4) is 0 Å². The zero-order chi connectivity index (χ0) is 20.5. The molecule has 0 bridgehead atoms. The Hall–Kier alpha value is -3.61. The number of aromatic nitrogens is 2. The Labute approximate surface area is 170 Å². The molecule has 0 aliphatic carbocycles. The number of ether oxygens (including phenoxy) is 2. The van der Waals surface area contributed by atoms with Gasteiger partial charge in [-0.25, -0.2) is 9.97 Å². The molecule has 0 unspecified atom stereocenters. The number of rotatable bonds is 9. The van der Waals surface area contributed by atoms with E-state index in [-0.39, 0.29) is 5.91 Å². The van der Waals surface area contributed by atoms with Crippen LogP contribution < -0.4 is 20.1 Å². The highest BCUT2D eigenvalue weighted by molar-refractivity contribution is 5.93. The van der Waals surface area contributed by atoms with Crippen LogP contribution in [-0.2, 0) is 13.0 Å². The van der Waals surface area contributed by atoms with E-state index in [1.165, 1.54) is 12.4 Å². The summed E-state index contributed by atoms with van der Waals surface area (Å²) < 4.78 is 10.5. The molecule has 29 heavy (non-hydrogen) atoms. The molecule has 2 aromatic carbocycles. The molecule has 7 heteroatoms. The Morgan fingerprint density at radius 2 is 1.69 bits per heavy atom. The van der Waals surface area contributed by atoms with Gasteiger partial charge in [-0.3, -0.25) is 4.79 Å². The van der Waals surface area contributed by atoms with Gasteiger partial charge >= 0.3 is 0 Å². The number of anilines is 1. The van der Waals surface area contributed by atoms with Gasteiger partial charge in [0.05, 0.1) is 19.8 Å². The lowest BCUT2D eigenvalue weighted by molar-refractivity contribution is 0.0950. The van der Waals surface area contributed by atoms with E-state index in [2.05, 4.69) is 20.6 Å². The van der Waals surface area contributed by atoms with Gasteiger partial charge in [0.1, 0.15) is 11.5 Å². The lowest BCUT2D eigenvalue weighted by atomic mass is 10.1. The molecule has 7 nitrogen and oxygen atoms in total. The Balaban J connectivity index is 1.48. The molecule has 0 spiro atoms. The number of para-hydroxylation sites is 1. The van der Waals surface area contributed by atoms with Crippen molar-refractivity contribution < 1.29 is 14.3 Å². The quantitative estimate of drug-likeness (QED) is 0.582. The summed E-state index contributed by atoms with van der Waals surface area (Å²) in [5.41, 5.74) is 2.50. The number of nitrogens with zero attached hydrogens (tertiary/aromatic N) is 2. The second kappa shape index (κ2) is 10.1. The molecule has 0 saturated heterocycles. The fourth-order valence-corrected chi connectivity index (χ4v) is 2.78. The molecule has 0 aliphatic heterocycles. The fraction of sp³-hybridized carbons (Fsp3) is 0.227. The van der Waals surface area contributed by atoms with E-state index in [0.29, 0.717) is 24.6 Å². The summed E-state index contributed by atoms with van der Waals surface area (Å²) in [6, 6.07) is 15.4. The van der Waals surface area contributed by atoms with Gasteiger partial charge in [-0.05, 0) is 35.7 Å². The molecular formula is C22H24N4O3. The first-order chi connectivity index (χ1) is 14.2. The Bertz CT molecular complexity index is 928. The summed E-state index contributed by atoms with van der Waals surface area (Å²) in [6.07, 6.45) is 3.81. The zero-order valence-electron chi connectivity index (χ0n) is 16.5. The smallest absolute Gasteiger partial charge is 0.254 e. The van der Waals surface area contributed by atoms with Crippen LogP contribution in [0.5, 0.6) is 11.5 Å². The molecular weight excluding hydrogens is 368 g/mol. The molecule has 1 heterocycles. The molecule has 3 aromatic rings. The lowest BCUT2D eigenvalue weighted by Gasteiger charge is -2.09. The highest BCUT2D eigenvalue weighted by Gasteiger charge is 2.08. The van der Waals surface area contributed by atoms with Gasteiger partial charge < -0.3 is 20.1 Å². The van der Waals surface area contributed by atoms with Gasteiger partial charge in [0, 0.05) is 25.5 Å². The van der Waals surface area contributed by atoms with Crippen LogP contribution in [0.2, 0.25) is 0 Å². The monoisotopic (exact) mass is 392 g/mol. The van der Waals surface area contributed by atoms with Crippen molar-refractivity contribution in [3.63, 3.8) is 0 Å². The first-order valence-electron chi connectivity index (χ1n) is 9.28. The predicted molar refractivity (Wildman–Crippen MR) is 111 cm³/mol. The molecule has 2 N–H and O–H groups in total. The summed E-state index contributed by atoms with van der Waals surface area (Å²) in [5.74, 6) is 1.90. The van der Waals surface area contributed by atoms with E-state index in [1.54, 1.807) is 14.2 Å². The Morgan fingerprint density at radius 1 is 0.966 bits per heavy atom. The number of hydrogen-bond donors (Lipinski definition) is 2. The number of hydrogen-bond acceptors (Lipinski definition) is 6. The average Bonchev–Trinajstić information content (AvgIpc) is 2.78. The van der Waals surface area contributed by atoms with E-state index in [1.807, 2.05) is 48.5 Å². The summed E-state index contributed by atoms with van der Waals surface area (Å²) in [6.45, 7) is 1.07. The second-order valence-corrected chi connectivity index (χ2v) is 6.31. The van der Waals surface area contributed by atoms with Crippen LogP contribution in [-0.4, -0.2) is 36.6 Å². The maximum Gasteiger partial charge on any atom is 0.254 e.